The van der Waals surface area contributed by atoms with Crippen LogP contribution in [0.5, 0.6) is 5.75 Å². The Kier molecular flexibility index (Phi) is 9.16. The van der Waals surface area contributed by atoms with Crippen LogP contribution in [0.1, 0.15) is 40.2 Å². The number of ether oxygens (including phenoxy) is 1. The zero-order valence-corrected chi connectivity index (χ0v) is 35.9. The summed E-state index contributed by atoms with van der Waals surface area (Å²) in [5.74, 6) is 0.00887. The third-order valence-electron chi connectivity index (χ3n) is 9.67. The minimum atomic E-state index is -1.27. The quantitative estimate of drug-likeness (QED) is 0.103. The van der Waals surface area contributed by atoms with E-state index in [1.165, 1.54) is 18.6 Å². The summed E-state index contributed by atoms with van der Waals surface area (Å²) in [7, 11) is 0. The van der Waals surface area contributed by atoms with Crippen LogP contribution < -0.4 is 19.5 Å². The molecule has 0 unspecified atom stereocenters. The van der Waals surface area contributed by atoms with Gasteiger partial charge in [0.1, 0.15) is 11.6 Å². The van der Waals surface area contributed by atoms with Gasteiger partial charge < -0.3 is 34.8 Å². The number of fused-ring (bicyclic) bond motifs is 20. The molecule has 0 saturated carbocycles. The Bertz CT molecular complexity index is 2990. The van der Waals surface area contributed by atoms with Crippen molar-refractivity contribution in [2.24, 2.45) is 5.41 Å². The first-order chi connectivity index (χ1) is 26.2. The molecule has 274 valence electrons. The maximum Gasteiger partial charge on any atom is 2.00 e. The molecule has 2 aliphatic rings. The van der Waals surface area contributed by atoms with E-state index >= 15 is 0 Å². The molecular formula is C40H29Cl3N9O3Zn+. The average molecular weight is 855 g/mol. The molecular weight excluding hydrogens is 826 g/mol. The van der Waals surface area contributed by atoms with Gasteiger partial charge in [0.15, 0.2) is 11.6 Å². The largest absolute Gasteiger partial charge is 2.00 e. The van der Waals surface area contributed by atoms with E-state index < -0.39 is 11.4 Å². The Morgan fingerprint density at radius 1 is 0.696 bits per heavy atom. The maximum absolute atomic E-state index is 11.9. The number of carboxylic acid groups (broad SMARTS) is 1. The molecule has 9 rings (SSSR count). The molecule has 0 saturated heterocycles. The van der Waals surface area contributed by atoms with Crippen molar-refractivity contribution in [2.75, 3.05) is 6.61 Å². The number of hydrogen-bond donors (Lipinski definition) is 1. The van der Waals surface area contributed by atoms with E-state index in [1.807, 2.05) is 54.6 Å². The van der Waals surface area contributed by atoms with Gasteiger partial charge in [-0.15, -0.1) is 0 Å². The van der Waals surface area contributed by atoms with Crippen molar-refractivity contribution in [1.29, 1.82) is 0 Å². The molecule has 0 fully saturated rings. The number of aromatic nitrogens is 9. The number of carboxylic acids is 1. The number of carbonyl (C=O) groups is 1. The van der Waals surface area contributed by atoms with Gasteiger partial charge in [0.25, 0.3) is 5.69 Å². The van der Waals surface area contributed by atoms with E-state index in [4.69, 9.17) is 79.6 Å². The third-order valence-corrected chi connectivity index (χ3v) is 10.9. The summed E-state index contributed by atoms with van der Waals surface area (Å²) >= 11 is 20.9. The van der Waals surface area contributed by atoms with Crippen molar-refractivity contribution in [3.8, 4) is 45.6 Å². The van der Waals surface area contributed by atoms with Gasteiger partial charge in [0.05, 0.1) is 38.3 Å². The molecule has 16 heteroatoms. The molecule has 12 nitrogen and oxygen atoms in total. The van der Waals surface area contributed by atoms with Crippen LogP contribution in [-0.4, -0.2) is 47.8 Å². The SMILES string of the molecule is CC(C)(COc1c(Cl)c(Cl)c2c3nc4nc(nc5[n-]c(nc6n[n+](nc([n-]3)c2c1Cl)-c1ccccc1-6)c1cc(C(C)(C)C)ccc51)-c1ccccc1-4)C(=O)O.[Zn+2]. The molecule has 1 N–H and O–H groups in total. The van der Waals surface area contributed by atoms with Crippen LogP contribution in [0.3, 0.4) is 0 Å². The van der Waals surface area contributed by atoms with Crippen LogP contribution in [0, 0.1) is 5.41 Å². The third kappa shape index (κ3) is 6.08. The van der Waals surface area contributed by atoms with Gasteiger partial charge >= 0.3 is 25.4 Å². The molecule has 56 heavy (non-hydrogen) atoms. The topological polar surface area (TPSA) is 156 Å². The fourth-order valence-electron chi connectivity index (χ4n) is 6.50. The molecule has 8 bridgehead atoms. The van der Waals surface area contributed by atoms with Crippen LogP contribution in [0.4, 0.5) is 0 Å². The Labute approximate surface area is 347 Å². The van der Waals surface area contributed by atoms with Crippen molar-refractivity contribution >= 4 is 84.9 Å². The second kappa shape index (κ2) is 13.6. The van der Waals surface area contributed by atoms with Gasteiger partial charge in [-0.3, -0.25) is 4.79 Å². The number of aliphatic carboxylic acids is 1. The molecule has 5 heterocycles. The normalized spacial score (nSPS) is 12.4. The molecule has 0 amide bonds. The maximum atomic E-state index is 11.9. The summed E-state index contributed by atoms with van der Waals surface area (Å²) in [6, 6.07) is 21.3. The van der Waals surface area contributed by atoms with E-state index in [0.29, 0.717) is 51.0 Å². The molecule has 2 aliphatic heterocycles. The monoisotopic (exact) mass is 852 g/mol. The molecule has 7 aromatic rings. The average Bonchev–Trinajstić information content (AvgIpc) is 3.88. The first-order valence-corrected chi connectivity index (χ1v) is 18.4. The first-order valence-electron chi connectivity index (χ1n) is 17.2. The van der Waals surface area contributed by atoms with Crippen molar-refractivity contribution in [1.82, 2.24) is 40.1 Å². The van der Waals surface area contributed by atoms with E-state index in [0.717, 1.165) is 21.9 Å². The number of halogens is 3. The number of para-hydroxylation sites is 1. The predicted octanol–water partition coefficient (Wildman–Crippen LogP) is 8.48. The summed E-state index contributed by atoms with van der Waals surface area (Å²) < 4.78 is 5.98. The van der Waals surface area contributed by atoms with Crippen molar-refractivity contribution in [2.45, 2.75) is 40.0 Å². The Morgan fingerprint density at radius 2 is 1.29 bits per heavy atom. The zero-order valence-electron chi connectivity index (χ0n) is 30.7. The van der Waals surface area contributed by atoms with Gasteiger partial charge in [-0.25, -0.2) is 4.98 Å². The van der Waals surface area contributed by atoms with Gasteiger partial charge in [-0.2, -0.15) is 0 Å². The van der Waals surface area contributed by atoms with Crippen molar-refractivity contribution in [3.63, 3.8) is 0 Å². The van der Waals surface area contributed by atoms with Crippen molar-refractivity contribution < 1.29 is 38.9 Å². The first kappa shape index (κ1) is 37.8. The van der Waals surface area contributed by atoms with Gasteiger partial charge in [0.2, 0.25) is 0 Å². The second-order valence-electron chi connectivity index (χ2n) is 15.0. The van der Waals surface area contributed by atoms with E-state index in [-0.39, 0.29) is 69.0 Å². The standard InChI is InChI=1S/C40H30Cl3N9O3.Zn/c1-39(2,3)18-14-15-21-23(16-18)34-46-33(21)45-31-19-10-6-7-11-20(19)32(44-31)48-36-25-26(28(42)30(29(43)27(25)41)55-17-40(4,5)38(53)54)37(49-36)51-52-24-13-9-8-12-22(24)35(47-34)50-52;/h6-16H,17H2,1-5H3,(H2,44,45,46,47,48,49,50,51,53,54);/q;+2/p-1. The number of nitrogens with zero attached hydrogens (tertiary/aromatic N) is 9. The number of rotatable bonds is 4. The predicted molar refractivity (Wildman–Crippen MR) is 211 cm³/mol. The molecule has 0 aliphatic carbocycles. The van der Waals surface area contributed by atoms with Crippen LogP contribution in [-0.2, 0) is 29.7 Å². The number of hydrogen-bond acceptors (Lipinski definition) is 8. The van der Waals surface area contributed by atoms with E-state index in [9.17, 15) is 9.90 Å². The Balaban J connectivity index is 0.00000441. The number of benzene rings is 4. The summed E-state index contributed by atoms with van der Waals surface area (Å²) in [6.07, 6.45) is 0. The zero-order chi connectivity index (χ0) is 38.6. The smallest absolute Gasteiger partial charge is 0.489 e. The Morgan fingerprint density at radius 3 is 1.96 bits per heavy atom. The van der Waals surface area contributed by atoms with Crippen LogP contribution >= 0.6 is 34.8 Å². The summed E-state index contributed by atoms with van der Waals surface area (Å²) in [4.78, 5) is 43.0. The van der Waals surface area contributed by atoms with E-state index in [2.05, 4.69) is 32.9 Å². The summed E-state index contributed by atoms with van der Waals surface area (Å²) in [6.45, 7) is 9.26. The fourth-order valence-corrected chi connectivity index (χ4v) is 7.38. The molecule has 0 atom stereocenters. The fraction of sp³-hybridized carbons (Fsp3) is 0.200. The second-order valence-corrected chi connectivity index (χ2v) is 16.1. The van der Waals surface area contributed by atoms with Gasteiger partial charge in [-0.1, -0.05) is 109 Å². The van der Waals surface area contributed by atoms with Crippen molar-refractivity contribution in [3.05, 3.63) is 87.4 Å². The molecule has 0 spiro atoms. The van der Waals surface area contributed by atoms with Gasteiger partial charge in [-0.05, 0) is 47.7 Å². The van der Waals surface area contributed by atoms with E-state index in [1.54, 1.807) is 0 Å². The molecule has 3 aromatic heterocycles. The van der Waals surface area contributed by atoms with Crippen LogP contribution in [0.25, 0.3) is 84.0 Å². The van der Waals surface area contributed by atoms with Gasteiger partial charge in [0, 0.05) is 54.8 Å². The Hall–Kier alpha value is -5.07. The summed E-state index contributed by atoms with van der Waals surface area (Å²) in [5, 5.41) is 21.7. The van der Waals surface area contributed by atoms with Crippen LogP contribution in [0.15, 0.2) is 66.7 Å². The molecule has 0 radical (unpaired) electrons. The summed E-state index contributed by atoms with van der Waals surface area (Å²) in [5.41, 5.74) is 3.62. The minimum absolute atomic E-state index is 0. The van der Waals surface area contributed by atoms with Crippen LogP contribution in [0.2, 0.25) is 15.1 Å². The molecule has 4 aromatic carbocycles. The minimum Gasteiger partial charge on any atom is -0.489 e.